The average molecular weight is 347 g/mol. The Kier molecular flexibility index (Phi) is 4.55. The molecule has 0 bridgehead atoms. The van der Waals surface area contributed by atoms with Crippen molar-refractivity contribution >= 4 is 11.9 Å². The first-order valence-electron chi connectivity index (χ1n) is 7.57. The van der Waals surface area contributed by atoms with Gasteiger partial charge in [0.1, 0.15) is 6.54 Å². The number of aromatic nitrogens is 2. The molecule has 0 radical (unpaired) electrons. The smallest absolute Gasteiger partial charge is 0.308 e. The van der Waals surface area contributed by atoms with Crippen LogP contribution in [0.3, 0.4) is 0 Å². The molecule has 1 N–H and O–H groups in total. The van der Waals surface area contributed by atoms with Crippen molar-refractivity contribution in [3.63, 3.8) is 0 Å². The second-order valence-electron chi connectivity index (χ2n) is 5.60. The van der Waals surface area contributed by atoms with Gasteiger partial charge in [-0.3, -0.25) is 9.59 Å². The highest BCUT2D eigenvalue weighted by molar-refractivity contribution is 5.86. The van der Waals surface area contributed by atoms with E-state index in [1.54, 1.807) is 25.3 Å². The van der Waals surface area contributed by atoms with E-state index in [1.807, 2.05) is 0 Å². The molecule has 0 saturated carbocycles. The lowest BCUT2D eigenvalue weighted by Gasteiger charge is -2.12. The summed E-state index contributed by atoms with van der Waals surface area (Å²) in [5.74, 6) is -0.212. The van der Waals surface area contributed by atoms with Gasteiger partial charge >= 0.3 is 5.97 Å². The predicted octanol–water partition coefficient (Wildman–Crippen LogP) is 1.19. The summed E-state index contributed by atoms with van der Waals surface area (Å²) in [5, 5.41) is 12.9. The molecule has 1 fully saturated rings. The number of likely N-dealkylation sites (tertiary alicyclic amines) is 1. The number of hydrogen-bond donors (Lipinski definition) is 1. The van der Waals surface area contributed by atoms with Gasteiger partial charge in [0.25, 0.3) is 0 Å². The Morgan fingerprint density at radius 2 is 2.12 bits per heavy atom. The van der Waals surface area contributed by atoms with Gasteiger partial charge in [-0.05, 0) is 18.2 Å². The maximum Gasteiger partial charge on any atom is 0.308 e. The zero-order valence-electron chi connectivity index (χ0n) is 13.8. The minimum Gasteiger partial charge on any atom is -0.493 e. The van der Waals surface area contributed by atoms with E-state index in [0.29, 0.717) is 22.9 Å². The van der Waals surface area contributed by atoms with Gasteiger partial charge in [-0.25, -0.2) is 0 Å². The van der Waals surface area contributed by atoms with Gasteiger partial charge in [0.05, 0.1) is 20.1 Å². The second kappa shape index (κ2) is 6.80. The summed E-state index contributed by atoms with van der Waals surface area (Å²) in [6, 6.07) is 5.21. The lowest BCUT2D eigenvalue weighted by atomic mass is 10.1. The van der Waals surface area contributed by atoms with Gasteiger partial charge in [0, 0.05) is 18.5 Å². The molecule has 0 spiro atoms. The minimum absolute atomic E-state index is 0.00793. The number of methoxy groups -OCH3 is 2. The third-order valence-corrected chi connectivity index (χ3v) is 4.00. The van der Waals surface area contributed by atoms with Gasteiger partial charge in [0.2, 0.25) is 17.6 Å². The fourth-order valence-corrected chi connectivity index (χ4v) is 2.67. The van der Waals surface area contributed by atoms with Gasteiger partial charge in [0.15, 0.2) is 11.5 Å². The molecule has 9 nitrogen and oxygen atoms in total. The van der Waals surface area contributed by atoms with Crippen molar-refractivity contribution in [2.45, 2.75) is 13.0 Å². The van der Waals surface area contributed by atoms with E-state index in [9.17, 15) is 9.59 Å². The Morgan fingerprint density at radius 3 is 2.76 bits per heavy atom. The van der Waals surface area contributed by atoms with Crippen LogP contribution in [0.1, 0.15) is 12.3 Å². The van der Waals surface area contributed by atoms with Crippen molar-refractivity contribution < 1.29 is 28.7 Å². The molecule has 1 aliphatic rings. The van der Waals surface area contributed by atoms with Gasteiger partial charge in [-0.15, -0.1) is 0 Å². The number of amides is 1. The molecule has 1 unspecified atom stereocenters. The van der Waals surface area contributed by atoms with E-state index < -0.39 is 11.9 Å². The number of rotatable bonds is 6. The number of carbonyl (C=O) groups is 2. The molecular formula is C16H17N3O6. The second-order valence-corrected chi connectivity index (χ2v) is 5.60. The number of ether oxygens (including phenoxy) is 2. The topological polar surface area (TPSA) is 115 Å². The Morgan fingerprint density at radius 1 is 1.36 bits per heavy atom. The average Bonchev–Trinajstić information content (AvgIpc) is 3.22. The van der Waals surface area contributed by atoms with Crippen molar-refractivity contribution in [2.24, 2.45) is 5.92 Å². The summed E-state index contributed by atoms with van der Waals surface area (Å²) in [6.45, 7) is 0.227. The highest BCUT2D eigenvalue weighted by atomic mass is 16.5. The summed E-state index contributed by atoms with van der Waals surface area (Å²) in [5.41, 5.74) is 0.670. The van der Waals surface area contributed by atoms with E-state index in [4.69, 9.17) is 19.1 Å². The van der Waals surface area contributed by atoms with Crippen LogP contribution in [0.25, 0.3) is 11.4 Å². The Bertz CT molecular complexity index is 803. The first-order valence-corrected chi connectivity index (χ1v) is 7.57. The molecule has 25 heavy (non-hydrogen) atoms. The predicted molar refractivity (Wildman–Crippen MR) is 84.0 cm³/mol. The molecule has 9 heteroatoms. The number of carboxylic acid groups (broad SMARTS) is 1. The summed E-state index contributed by atoms with van der Waals surface area (Å²) in [4.78, 5) is 28.5. The Hall–Kier alpha value is -3.10. The molecule has 2 heterocycles. The number of carboxylic acids is 1. The first kappa shape index (κ1) is 16.7. The molecule has 1 saturated heterocycles. The zero-order valence-corrected chi connectivity index (χ0v) is 13.8. The lowest BCUT2D eigenvalue weighted by Crippen LogP contribution is -2.25. The largest absolute Gasteiger partial charge is 0.493 e. The zero-order chi connectivity index (χ0) is 18.0. The standard InChI is InChI=1S/C16H17N3O6/c1-23-11-4-3-9(5-12(11)24-2)15-17-13(25-18-15)8-19-7-10(16(21)22)6-14(19)20/h3-5,10H,6-8H2,1-2H3,(H,21,22). The molecule has 132 valence electrons. The maximum absolute atomic E-state index is 11.9. The molecule has 1 amide bonds. The molecule has 0 aliphatic carbocycles. The highest BCUT2D eigenvalue weighted by Crippen LogP contribution is 2.31. The van der Waals surface area contributed by atoms with Crippen molar-refractivity contribution in [2.75, 3.05) is 20.8 Å². The molecule has 2 aromatic rings. The fraction of sp³-hybridized carbons (Fsp3) is 0.375. The quantitative estimate of drug-likeness (QED) is 0.828. The molecule has 1 aromatic heterocycles. The van der Waals surface area contributed by atoms with E-state index >= 15 is 0 Å². The van der Waals surface area contributed by atoms with Crippen molar-refractivity contribution in [3.05, 3.63) is 24.1 Å². The molecule has 3 rings (SSSR count). The number of aliphatic carboxylic acids is 1. The lowest BCUT2D eigenvalue weighted by molar-refractivity contribution is -0.141. The third kappa shape index (κ3) is 3.39. The minimum atomic E-state index is -0.979. The number of carbonyl (C=O) groups excluding carboxylic acids is 1. The summed E-state index contributed by atoms with van der Waals surface area (Å²) >= 11 is 0. The summed E-state index contributed by atoms with van der Waals surface area (Å²) < 4.78 is 15.6. The Balaban J connectivity index is 1.75. The van der Waals surface area contributed by atoms with Crippen LogP contribution in [0, 0.1) is 5.92 Å². The van der Waals surface area contributed by atoms with Crippen molar-refractivity contribution in [3.8, 4) is 22.9 Å². The SMILES string of the molecule is COc1ccc(-c2noc(CN3CC(C(=O)O)CC3=O)n2)cc1OC. The molecule has 1 aromatic carbocycles. The number of benzene rings is 1. The molecular weight excluding hydrogens is 330 g/mol. The monoisotopic (exact) mass is 347 g/mol. The van der Waals surface area contributed by atoms with Crippen LogP contribution < -0.4 is 9.47 Å². The van der Waals surface area contributed by atoms with Crippen molar-refractivity contribution in [1.82, 2.24) is 15.0 Å². The van der Waals surface area contributed by atoms with E-state index in [-0.39, 0.29) is 31.3 Å². The fourth-order valence-electron chi connectivity index (χ4n) is 2.67. The Labute approximate surface area is 143 Å². The summed E-state index contributed by atoms with van der Waals surface area (Å²) in [6.07, 6.45) is -0.00793. The van der Waals surface area contributed by atoms with Gasteiger partial charge in [-0.2, -0.15) is 4.98 Å². The van der Waals surface area contributed by atoms with E-state index in [2.05, 4.69) is 10.1 Å². The normalized spacial score (nSPS) is 17.0. The number of nitrogens with zero attached hydrogens (tertiary/aromatic N) is 3. The molecule has 1 aliphatic heterocycles. The van der Waals surface area contributed by atoms with Crippen LogP contribution in [-0.4, -0.2) is 52.8 Å². The van der Waals surface area contributed by atoms with Crippen molar-refractivity contribution in [1.29, 1.82) is 0 Å². The molecule has 1 atom stereocenters. The summed E-state index contributed by atoms with van der Waals surface area (Å²) in [7, 11) is 3.07. The van der Waals surface area contributed by atoms with Gasteiger partial charge in [-0.1, -0.05) is 5.16 Å². The van der Waals surface area contributed by atoms with Gasteiger partial charge < -0.3 is 24.0 Å². The van der Waals surface area contributed by atoms with Crippen LogP contribution in [0.5, 0.6) is 11.5 Å². The highest BCUT2D eigenvalue weighted by Gasteiger charge is 2.35. The van der Waals surface area contributed by atoms with Crippen LogP contribution in [-0.2, 0) is 16.1 Å². The first-order chi connectivity index (χ1) is 12.0. The van der Waals surface area contributed by atoms with Crippen LogP contribution in [0.2, 0.25) is 0 Å². The third-order valence-electron chi connectivity index (χ3n) is 4.00. The van der Waals surface area contributed by atoms with Crippen LogP contribution in [0.4, 0.5) is 0 Å². The van der Waals surface area contributed by atoms with Crippen LogP contribution in [0.15, 0.2) is 22.7 Å². The van der Waals surface area contributed by atoms with E-state index in [1.165, 1.54) is 12.0 Å². The van der Waals surface area contributed by atoms with E-state index in [0.717, 1.165) is 0 Å². The number of hydrogen-bond acceptors (Lipinski definition) is 7. The van der Waals surface area contributed by atoms with Crippen LogP contribution >= 0.6 is 0 Å². The maximum atomic E-state index is 11.9.